The third kappa shape index (κ3) is 5.26. The first-order valence-electron chi connectivity index (χ1n) is 14.9. The molecule has 0 spiro atoms. The van der Waals surface area contributed by atoms with E-state index in [0.717, 1.165) is 71.5 Å². The molecule has 4 fully saturated rings. The molecule has 4 bridgehead atoms. The summed E-state index contributed by atoms with van der Waals surface area (Å²) in [5, 5.41) is 11.4. The van der Waals surface area contributed by atoms with Gasteiger partial charge in [-0.05, 0) is 94.2 Å². The van der Waals surface area contributed by atoms with Crippen LogP contribution in [-0.4, -0.2) is 45.2 Å². The highest BCUT2D eigenvalue weighted by atomic mass is 16.2. The second-order valence-corrected chi connectivity index (χ2v) is 12.5. The summed E-state index contributed by atoms with van der Waals surface area (Å²) < 4.78 is 1.80. The zero-order valence-corrected chi connectivity index (χ0v) is 24.0. The van der Waals surface area contributed by atoms with E-state index >= 15 is 0 Å². The highest BCUT2D eigenvalue weighted by molar-refractivity contribution is 5.98. The number of aromatic nitrogens is 2. The van der Waals surface area contributed by atoms with Crippen molar-refractivity contribution >= 4 is 17.8 Å². The topological polar surface area (TPSA) is 79.3 Å². The number of rotatable bonds is 8. The molecule has 2 aromatic carbocycles. The lowest BCUT2D eigenvalue weighted by Gasteiger charge is -2.57. The molecular formula is C33H41N5O2. The SMILES string of the molecule is CCCN(CC(=O)Nc1c(-c2ccccc2)c(C)nn1-c1ccc(C)cc1)C(=O)NC12CC3CC(CC(C3)C1)C2. The summed E-state index contributed by atoms with van der Waals surface area (Å²) in [6.07, 6.45) is 8.04. The van der Waals surface area contributed by atoms with Gasteiger partial charge in [-0.1, -0.05) is 55.0 Å². The van der Waals surface area contributed by atoms with Crippen molar-refractivity contribution in [3.63, 3.8) is 0 Å². The Hall–Kier alpha value is -3.61. The van der Waals surface area contributed by atoms with Gasteiger partial charge < -0.3 is 15.5 Å². The average Bonchev–Trinajstić information content (AvgIpc) is 3.23. The molecule has 3 amide bonds. The van der Waals surface area contributed by atoms with Crippen molar-refractivity contribution in [2.75, 3.05) is 18.4 Å². The Labute approximate surface area is 237 Å². The van der Waals surface area contributed by atoms with Gasteiger partial charge in [0.25, 0.3) is 0 Å². The molecule has 1 aromatic heterocycles. The molecule has 210 valence electrons. The molecule has 0 aliphatic heterocycles. The molecule has 4 saturated carbocycles. The van der Waals surface area contributed by atoms with Crippen LogP contribution in [0.25, 0.3) is 16.8 Å². The van der Waals surface area contributed by atoms with Crippen molar-refractivity contribution in [2.24, 2.45) is 17.8 Å². The maximum Gasteiger partial charge on any atom is 0.318 e. The zero-order valence-electron chi connectivity index (χ0n) is 24.0. The molecule has 7 nitrogen and oxygen atoms in total. The van der Waals surface area contributed by atoms with Crippen LogP contribution >= 0.6 is 0 Å². The minimum atomic E-state index is -0.223. The fraction of sp³-hybridized carbons (Fsp3) is 0.485. The molecular weight excluding hydrogens is 498 g/mol. The molecule has 40 heavy (non-hydrogen) atoms. The van der Waals surface area contributed by atoms with E-state index in [1.54, 1.807) is 9.58 Å². The lowest BCUT2D eigenvalue weighted by atomic mass is 9.53. The molecule has 2 N–H and O–H groups in total. The summed E-state index contributed by atoms with van der Waals surface area (Å²) in [7, 11) is 0. The second-order valence-electron chi connectivity index (χ2n) is 12.5. The Morgan fingerprint density at radius 1 is 0.950 bits per heavy atom. The molecule has 3 aromatic rings. The normalized spacial score (nSPS) is 24.6. The first-order valence-corrected chi connectivity index (χ1v) is 14.9. The van der Waals surface area contributed by atoms with Gasteiger partial charge in [0.05, 0.1) is 11.4 Å². The number of benzene rings is 2. The Bertz CT molecular complexity index is 1340. The number of anilines is 1. The van der Waals surface area contributed by atoms with E-state index in [1.807, 2.05) is 75.4 Å². The summed E-state index contributed by atoms with van der Waals surface area (Å²) in [5.74, 6) is 2.64. The van der Waals surface area contributed by atoms with E-state index in [1.165, 1.54) is 19.3 Å². The van der Waals surface area contributed by atoms with Crippen LogP contribution in [0.2, 0.25) is 0 Å². The summed E-state index contributed by atoms with van der Waals surface area (Å²) in [4.78, 5) is 28.9. The van der Waals surface area contributed by atoms with E-state index in [9.17, 15) is 9.59 Å². The van der Waals surface area contributed by atoms with Gasteiger partial charge in [-0.2, -0.15) is 5.10 Å². The smallest absolute Gasteiger partial charge is 0.318 e. The van der Waals surface area contributed by atoms with Gasteiger partial charge in [0.15, 0.2) is 0 Å². The Kier molecular flexibility index (Phi) is 7.15. The predicted octanol–water partition coefficient (Wildman–Crippen LogP) is 6.49. The summed E-state index contributed by atoms with van der Waals surface area (Å²) in [6.45, 7) is 6.59. The molecule has 0 saturated heterocycles. The van der Waals surface area contributed by atoms with E-state index in [0.29, 0.717) is 12.4 Å². The van der Waals surface area contributed by atoms with Crippen LogP contribution in [0.5, 0.6) is 0 Å². The summed E-state index contributed by atoms with van der Waals surface area (Å²) in [6, 6.07) is 18.0. The van der Waals surface area contributed by atoms with Crippen LogP contribution in [0.4, 0.5) is 10.6 Å². The largest absolute Gasteiger partial charge is 0.333 e. The van der Waals surface area contributed by atoms with Crippen molar-refractivity contribution in [2.45, 2.75) is 71.3 Å². The van der Waals surface area contributed by atoms with Crippen molar-refractivity contribution in [3.05, 3.63) is 65.9 Å². The highest BCUT2D eigenvalue weighted by Gasteiger charge is 2.51. The molecule has 0 radical (unpaired) electrons. The predicted molar refractivity (Wildman–Crippen MR) is 158 cm³/mol. The fourth-order valence-electron chi connectivity index (χ4n) is 7.90. The Morgan fingerprint density at radius 3 is 2.17 bits per heavy atom. The quantitative estimate of drug-likeness (QED) is 0.344. The van der Waals surface area contributed by atoms with Gasteiger partial charge in [0.1, 0.15) is 12.4 Å². The first kappa shape index (κ1) is 26.6. The number of carbonyl (C=O) groups excluding carboxylic acids is 2. The van der Waals surface area contributed by atoms with Gasteiger partial charge in [-0.25, -0.2) is 9.48 Å². The number of hydrogen-bond donors (Lipinski definition) is 2. The monoisotopic (exact) mass is 539 g/mol. The standard InChI is InChI=1S/C33H41N5O2/c1-4-14-37(32(40)35-33-18-24-15-25(19-33)17-26(16-24)20-33)21-29(39)34-31-30(27-8-6-5-7-9-27)23(3)36-38(31)28-12-10-22(2)11-13-28/h5-13,24-26H,4,14-21H2,1-3H3,(H,34,39)(H,35,40). The molecule has 7 rings (SSSR count). The third-order valence-corrected chi connectivity index (χ3v) is 9.18. The lowest BCUT2D eigenvalue weighted by molar-refractivity contribution is -0.116. The van der Waals surface area contributed by atoms with Crippen molar-refractivity contribution in [1.82, 2.24) is 20.0 Å². The van der Waals surface area contributed by atoms with E-state index < -0.39 is 0 Å². The van der Waals surface area contributed by atoms with Crippen LogP contribution in [0.3, 0.4) is 0 Å². The van der Waals surface area contributed by atoms with Crippen LogP contribution in [0, 0.1) is 31.6 Å². The number of aryl methyl sites for hydroxylation is 2. The van der Waals surface area contributed by atoms with Gasteiger partial charge >= 0.3 is 6.03 Å². The maximum absolute atomic E-state index is 13.6. The Morgan fingerprint density at radius 2 is 1.57 bits per heavy atom. The fourth-order valence-corrected chi connectivity index (χ4v) is 7.90. The van der Waals surface area contributed by atoms with Gasteiger partial charge in [0, 0.05) is 17.6 Å². The number of urea groups is 1. The van der Waals surface area contributed by atoms with Gasteiger partial charge in [-0.3, -0.25) is 4.79 Å². The molecule has 0 unspecified atom stereocenters. The number of hydrogen-bond acceptors (Lipinski definition) is 3. The van der Waals surface area contributed by atoms with Crippen molar-refractivity contribution in [3.8, 4) is 16.8 Å². The molecule has 0 atom stereocenters. The van der Waals surface area contributed by atoms with Crippen LogP contribution in [0.1, 0.15) is 63.1 Å². The van der Waals surface area contributed by atoms with E-state index in [2.05, 4.69) is 10.6 Å². The average molecular weight is 540 g/mol. The summed E-state index contributed by atoms with van der Waals surface area (Å²) in [5.41, 5.74) is 4.63. The lowest BCUT2D eigenvalue weighted by Crippen LogP contribution is -2.62. The Balaban J connectivity index is 1.24. The molecule has 1 heterocycles. The summed E-state index contributed by atoms with van der Waals surface area (Å²) >= 11 is 0. The zero-order chi connectivity index (χ0) is 27.9. The number of carbonyl (C=O) groups is 2. The number of amides is 3. The first-order chi connectivity index (χ1) is 19.3. The van der Waals surface area contributed by atoms with Crippen molar-refractivity contribution < 1.29 is 9.59 Å². The van der Waals surface area contributed by atoms with Gasteiger partial charge in [-0.15, -0.1) is 0 Å². The maximum atomic E-state index is 13.6. The second kappa shape index (κ2) is 10.8. The highest BCUT2D eigenvalue weighted by Crippen LogP contribution is 2.55. The van der Waals surface area contributed by atoms with Crippen LogP contribution < -0.4 is 10.6 Å². The number of nitrogens with zero attached hydrogens (tertiary/aromatic N) is 3. The minimum absolute atomic E-state index is 0.00159. The van der Waals surface area contributed by atoms with E-state index in [-0.39, 0.29) is 24.0 Å². The van der Waals surface area contributed by atoms with Crippen LogP contribution in [-0.2, 0) is 4.79 Å². The molecule has 7 heteroatoms. The molecule has 4 aliphatic carbocycles. The minimum Gasteiger partial charge on any atom is -0.333 e. The molecule has 4 aliphatic rings. The third-order valence-electron chi connectivity index (χ3n) is 9.18. The van der Waals surface area contributed by atoms with Gasteiger partial charge in [0.2, 0.25) is 5.91 Å². The van der Waals surface area contributed by atoms with E-state index in [4.69, 9.17) is 5.10 Å². The van der Waals surface area contributed by atoms with Crippen molar-refractivity contribution in [1.29, 1.82) is 0 Å². The number of nitrogens with one attached hydrogen (secondary N) is 2. The van der Waals surface area contributed by atoms with Crippen LogP contribution in [0.15, 0.2) is 54.6 Å².